The first-order valence-corrected chi connectivity index (χ1v) is 14.6. The summed E-state index contributed by atoms with van der Waals surface area (Å²) < 4.78 is 0. The van der Waals surface area contributed by atoms with E-state index >= 15 is 0 Å². The molecule has 3 nitrogen and oxygen atoms in total. The zero-order valence-corrected chi connectivity index (χ0v) is 25.6. The van der Waals surface area contributed by atoms with Gasteiger partial charge in [-0.25, -0.2) is 0 Å². The molecule has 1 aliphatic carbocycles. The number of nitrogens with one attached hydrogen (secondary N) is 1. The Hall–Kier alpha value is -4.68. The SMILES string of the molecule is C=Cc1cc(C)c(CC(=C)C2=C(C)C(c3cccc(NC(=C)c4ncc(CC)cc4/C=C\C)c3C)CC=C2)c(C#N)c1. The number of nitrogens with zero attached hydrogens (tertiary/aromatic N) is 2. The van der Waals surface area contributed by atoms with Crippen LogP contribution in [0.1, 0.15) is 83.3 Å². The van der Waals surface area contributed by atoms with Gasteiger partial charge < -0.3 is 5.32 Å². The Morgan fingerprint density at radius 2 is 1.95 bits per heavy atom. The van der Waals surface area contributed by atoms with Crippen LogP contribution >= 0.6 is 0 Å². The first kappa shape index (κ1) is 30.3. The molecule has 0 spiro atoms. The Kier molecular flexibility index (Phi) is 9.60. The highest BCUT2D eigenvalue weighted by molar-refractivity contribution is 5.80. The van der Waals surface area contributed by atoms with Crippen LogP contribution in [-0.2, 0) is 12.8 Å². The van der Waals surface area contributed by atoms with E-state index in [1.165, 1.54) is 27.8 Å². The first-order valence-electron chi connectivity index (χ1n) is 14.6. The lowest BCUT2D eigenvalue weighted by atomic mass is 9.78. The third-order valence-electron chi connectivity index (χ3n) is 8.28. The third-order valence-corrected chi connectivity index (χ3v) is 8.28. The number of benzene rings is 2. The summed E-state index contributed by atoms with van der Waals surface area (Å²) in [5.74, 6) is 0.233. The second-order valence-electron chi connectivity index (χ2n) is 11.0. The standard InChI is InChI=1S/C39H41N3/c1-9-14-32-22-31(11-3)24-41-39(32)29(8)42-38-18-13-17-36(28(38)7)35-16-12-15-34(27(35)6)26(5)20-37-25(4)19-30(10-2)21-33(37)23-40/h9-10,12-15,17-19,21-22,24,35,42H,2,5,8,11,16,20H2,1,3-4,6-7H3/b14-9-. The van der Waals surface area contributed by atoms with Crippen LogP contribution in [0.25, 0.3) is 17.8 Å². The second-order valence-corrected chi connectivity index (χ2v) is 11.0. The van der Waals surface area contributed by atoms with Gasteiger partial charge >= 0.3 is 0 Å². The van der Waals surface area contributed by atoms with Crippen LogP contribution in [-0.4, -0.2) is 4.98 Å². The van der Waals surface area contributed by atoms with E-state index in [9.17, 15) is 5.26 Å². The van der Waals surface area contributed by atoms with Gasteiger partial charge in [0.1, 0.15) is 0 Å². The fraction of sp³-hybridized carbons (Fsp3) is 0.231. The van der Waals surface area contributed by atoms with Gasteiger partial charge in [0, 0.05) is 23.4 Å². The van der Waals surface area contributed by atoms with Crippen molar-refractivity contribution >= 4 is 23.5 Å². The molecule has 3 heteroatoms. The van der Waals surface area contributed by atoms with Gasteiger partial charge in [0.15, 0.2) is 0 Å². The summed E-state index contributed by atoms with van der Waals surface area (Å²) >= 11 is 0. The van der Waals surface area contributed by atoms with Crippen LogP contribution in [0, 0.1) is 25.2 Å². The zero-order chi connectivity index (χ0) is 30.4. The Morgan fingerprint density at radius 3 is 2.64 bits per heavy atom. The quantitative estimate of drug-likeness (QED) is 0.273. The number of aryl methyl sites for hydroxylation is 2. The molecule has 1 heterocycles. The molecule has 0 saturated carbocycles. The molecule has 42 heavy (non-hydrogen) atoms. The van der Waals surface area contributed by atoms with Crippen molar-refractivity contribution in [3.63, 3.8) is 0 Å². The highest BCUT2D eigenvalue weighted by Crippen LogP contribution is 2.40. The molecule has 0 bridgehead atoms. The van der Waals surface area contributed by atoms with Gasteiger partial charge in [-0.15, -0.1) is 0 Å². The van der Waals surface area contributed by atoms with Crippen molar-refractivity contribution in [3.05, 3.63) is 147 Å². The minimum Gasteiger partial charge on any atom is -0.354 e. The summed E-state index contributed by atoms with van der Waals surface area (Å²) in [7, 11) is 0. The lowest BCUT2D eigenvalue weighted by Gasteiger charge is -2.27. The smallest absolute Gasteiger partial charge is 0.0994 e. The Labute approximate surface area is 252 Å². The number of allylic oxidation sites excluding steroid dienone is 6. The average molecular weight is 552 g/mol. The van der Waals surface area contributed by atoms with Crippen molar-refractivity contribution in [1.82, 2.24) is 4.98 Å². The van der Waals surface area contributed by atoms with Crippen molar-refractivity contribution < 1.29 is 0 Å². The van der Waals surface area contributed by atoms with Crippen LogP contribution in [0.15, 0.2) is 97.3 Å². The summed E-state index contributed by atoms with van der Waals surface area (Å²) in [5.41, 5.74) is 14.7. The van der Waals surface area contributed by atoms with E-state index < -0.39 is 0 Å². The molecule has 0 radical (unpaired) electrons. The fourth-order valence-electron chi connectivity index (χ4n) is 5.85. The molecule has 2 aromatic carbocycles. The number of anilines is 1. The van der Waals surface area contributed by atoms with Crippen molar-refractivity contribution in [3.8, 4) is 6.07 Å². The predicted octanol–water partition coefficient (Wildman–Crippen LogP) is 10.1. The van der Waals surface area contributed by atoms with E-state index in [0.717, 1.165) is 57.7 Å². The summed E-state index contributed by atoms with van der Waals surface area (Å²) in [6.45, 7) is 23.3. The molecule has 212 valence electrons. The van der Waals surface area contributed by atoms with Gasteiger partial charge in [-0.1, -0.05) is 80.8 Å². The highest BCUT2D eigenvalue weighted by Gasteiger charge is 2.23. The number of rotatable bonds is 10. The molecule has 1 atom stereocenters. The minimum absolute atomic E-state index is 0.233. The zero-order valence-electron chi connectivity index (χ0n) is 25.6. The summed E-state index contributed by atoms with van der Waals surface area (Å²) in [4.78, 5) is 4.75. The minimum atomic E-state index is 0.233. The van der Waals surface area contributed by atoms with Crippen LogP contribution in [0.5, 0.6) is 0 Å². The summed E-state index contributed by atoms with van der Waals surface area (Å²) in [6.07, 6.45) is 14.8. The molecule has 1 aromatic heterocycles. The largest absolute Gasteiger partial charge is 0.354 e. The summed E-state index contributed by atoms with van der Waals surface area (Å²) in [6, 6.07) is 15.0. The Morgan fingerprint density at radius 1 is 1.17 bits per heavy atom. The number of aromatic nitrogens is 1. The number of pyridine rings is 1. The first-order chi connectivity index (χ1) is 20.2. The van der Waals surface area contributed by atoms with Crippen molar-refractivity contribution in [2.75, 3.05) is 5.32 Å². The number of nitriles is 1. The van der Waals surface area contributed by atoms with Gasteiger partial charge in [0.25, 0.3) is 0 Å². The average Bonchev–Trinajstić information content (AvgIpc) is 2.99. The van der Waals surface area contributed by atoms with E-state index in [-0.39, 0.29) is 5.92 Å². The molecular formula is C39H41N3. The van der Waals surface area contributed by atoms with Gasteiger partial charge in [-0.3, -0.25) is 4.98 Å². The molecule has 1 aliphatic rings. The monoisotopic (exact) mass is 551 g/mol. The molecule has 0 amide bonds. The molecule has 4 rings (SSSR count). The molecule has 3 aromatic rings. The summed E-state index contributed by atoms with van der Waals surface area (Å²) in [5, 5.41) is 13.4. The lowest BCUT2D eigenvalue weighted by molar-refractivity contribution is 0.779. The van der Waals surface area contributed by atoms with E-state index in [0.29, 0.717) is 12.0 Å². The van der Waals surface area contributed by atoms with Crippen LogP contribution in [0.4, 0.5) is 5.69 Å². The molecule has 0 saturated heterocycles. The topological polar surface area (TPSA) is 48.7 Å². The van der Waals surface area contributed by atoms with E-state index in [1.807, 2.05) is 25.3 Å². The third kappa shape index (κ3) is 6.29. The Bertz CT molecular complexity index is 1690. The Balaban J connectivity index is 1.63. The predicted molar refractivity (Wildman–Crippen MR) is 180 cm³/mol. The second kappa shape index (κ2) is 13.3. The van der Waals surface area contributed by atoms with Crippen LogP contribution < -0.4 is 5.32 Å². The fourth-order valence-corrected chi connectivity index (χ4v) is 5.85. The van der Waals surface area contributed by atoms with Crippen molar-refractivity contribution in [1.29, 1.82) is 5.26 Å². The van der Waals surface area contributed by atoms with Gasteiger partial charge in [0.2, 0.25) is 0 Å². The normalized spacial score (nSPS) is 14.6. The van der Waals surface area contributed by atoms with E-state index in [2.05, 4.69) is 107 Å². The molecular weight excluding hydrogens is 510 g/mol. The van der Waals surface area contributed by atoms with E-state index in [1.54, 1.807) is 6.08 Å². The van der Waals surface area contributed by atoms with Crippen molar-refractivity contribution in [2.24, 2.45) is 0 Å². The number of hydrogen-bond donors (Lipinski definition) is 1. The van der Waals surface area contributed by atoms with Gasteiger partial charge in [0.05, 0.1) is 23.0 Å². The van der Waals surface area contributed by atoms with E-state index in [4.69, 9.17) is 4.98 Å². The highest BCUT2D eigenvalue weighted by atomic mass is 14.9. The van der Waals surface area contributed by atoms with Gasteiger partial charge in [-0.2, -0.15) is 5.26 Å². The van der Waals surface area contributed by atoms with Crippen molar-refractivity contribution in [2.45, 2.75) is 59.8 Å². The number of hydrogen-bond acceptors (Lipinski definition) is 3. The molecule has 0 aliphatic heterocycles. The maximum atomic E-state index is 9.83. The van der Waals surface area contributed by atoms with Crippen LogP contribution in [0.2, 0.25) is 0 Å². The van der Waals surface area contributed by atoms with Crippen LogP contribution in [0.3, 0.4) is 0 Å². The van der Waals surface area contributed by atoms with Gasteiger partial charge in [-0.05, 0) is 110 Å². The lowest BCUT2D eigenvalue weighted by Crippen LogP contribution is -2.11. The maximum absolute atomic E-state index is 9.83. The molecule has 1 N–H and O–H groups in total. The maximum Gasteiger partial charge on any atom is 0.0994 e. The molecule has 1 unspecified atom stereocenters. The molecule has 0 fully saturated rings.